The van der Waals surface area contributed by atoms with Crippen molar-refractivity contribution in [3.05, 3.63) is 57.1 Å². The highest BCUT2D eigenvalue weighted by Crippen LogP contribution is 2.46. The minimum absolute atomic E-state index is 0.0919. The second-order valence-corrected chi connectivity index (χ2v) is 6.77. The van der Waals surface area contributed by atoms with Gasteiger partial charge in [-0.3, -0.25) is 10.1 Å². The van der Waals surface area contributed by atoms with Gasteiger partial charge in [-0.15, -0.1) is 11.3 Å². The molecule has 2 heterocycles. The summed E-state index contributed by atoms with van der Waals surface area (Å²) in [6.07, 6.45) is 4.82. The van der Waals surface area contributed by atoms with Gasteiger partial charge >= 0.3 is 0 Å². The fourth-order valence-electron chi connectivity index (χ4n) is 3.15. The fraction of sp³-hybridized carbons (Fsp3) is 0.176. The van der Waals surface area contributed by atoms with E-state index in [0.29, 0.717) is 0 Å². The van der Waals surface area contributed by atoms with Crippen molar-refractivity contribution >= 4 is 23.0 Å². The molecule has 0 saturated heterocycles. The lowest BCUT2D eigenvalue weighted by atomic mass is 10.0. The molecule has 0 saturated carbocycles. The normalized spacial score (nSPS) is 13.0. The van der Waals surface area contributed by atoms with E-state index in [-0.39, 0.29) is 16.6 Å². The van der Waals surface area contributed by atoms with E-state index in [2.05, 4.69) is 9.97 Å². The van der Waals surface area contributed by atoms with Gasteiger partial charge in [0.15, 0.2) is 0 Å². The van der Waals surface area contributed by atoms with Crippen molar-refractivity contribution in [2.24, 2.45) is 0 Å². The fourth-order valence-corrected chi connectivity index (χ4v) is 4.55. The van der Waals surface area contributed by atoms with Crippen LogP contribution in [0.5, 0.6) is 0 Å². The first-order valence-corrected chi connectivity index (χ1v) is 8.43. The maximum atomic E-state index is 11.1. The lowest BCUT2D eigenvalue weighted by molar-refractivity contribution is -0.384. The molecule has 2 aromatic heterocycles. The van der Waals surface area contributed by atoms with E-state index in [4.69, 9.17) is 5.73 Å². The van der Waals surface area contributed by atoms with Gasteiger partial charge in [-0.05, 0) is 36.5 Å². The molecule has 0 bridgehead atoms. The number of nitrogen functional groups attached to an aromatic ring is 1. The van der Waals surface area contributed by atoms with Crippen molar-refractivity contribution in [1.82, 2.24) is 9.97 Å². The molecule has 0 fully saturated rings. The van der Waals surface area contributed by atoms with Crippen LogP contribution in [0.3, 0.4) is 0 Å². The van der Waals surface area contributed by atoms with Gasteiger partial charge in [0, 0.05) is 33.6 Å². The molecule has 1 aromatic carbocycles. The third kappa shape index (κ3) is 2.43. The molecule has 7 heteroatoms. The van der Waals surface area contributed by atoms with Crippen molar-refractivity contribution in [3.8, 4) is 21.7 Å². The molecule has 24 heavy (non-hydrogen) atoms. The summed E-state index contributed by atoms with van der Waals surface area (Å²) in [5.41, 5.74) is 9.81. The van der Waals surface area contributed by atoms with E-state index in [9.17, 15) is 10.1 Å². The molecule has 0 atom stereocenters. The molecular weight excluding hydrogens is 324 g/mol. The molecule has 1 aliphatic rings. The largest absolute Gasteiger partial charge is 0.368 e. The summed E-state index contributed by atoms with van der Waals surface area (Å²) in [4.78, 5) is 21.4. The summed E-state index contributed by atoms with van der Waals surface area (Å²) in [7, 11) is 0. The number of fused-ring (bicyclic) bond motifs is 1. The average molecular weight is 338 g/mol. The van der Waals surface area contributed by atoms with E-state index >= 15 is 0 Å². The van der Waals surface area contributed by atoms with Gasteiger partial charge in [0.2, 0.25) is 5.95 Å². The number of aromatic nitrogens is 2. The molecule has 0 amide bonds. The Morgan fingerprint density at radius 3 is 2.92 bits per heavy atom. The van der Waals surface area contributed by atoms with E-state index in [0.717, 1.165) is 41.0 Å². The monoisotopic (exact) mass is 338 g/mol. The van der Waals surface area contributed by atoms with Crippen molar-refractivity contribution < 1.29 is 4.92 Å². The van der Waals surface area contributed by atoms with E-state index in [1.165, 1.54) is 16.5 Å². The average Bonchev–Trinajstić information content (AvgIpc) is 3.15. The molecule has 0 unspecified atom stereocenters. The molecule has 0 spiro atoms. The zero-order valence-corrected chi connectivity index (χ0v) is 13.5. The third-order valence-electron chi connectivity index (χ3n) is 4.17. The van der Waals surface area contributed by atoms with Gasteiger partial charge < -0.3 is 5.73 Å². The number of nitrogens with two attached hydrogens (primary N) is 1. The van der Waals surface area contributed by atoms with Crippen molar-refractivity contribution in [3.63, 3.8) is 0 Å². The summed E-state index contributed by atoms with van der Waals surface area (Å²) in [5.74, 6) is 0.232. The number of rotatable bonds is 3. The number of nitrogens with zero attached hydrogens (tertiary/aromatic N) is 3. The topological polar surface area (TPSA) is 94.9 Å². The highest BCUT2D eigenvalue weighted by Gasteiger charge is 2.25. The maximum Gasteiger partial charge on any atom is 0.270 e. The van der Waals surface area contributed by atoms with Crippen LogP contribution in [0.1, 0.15) is 16.9 Å². The quantitative estimate of drug-likeness (QED) is 0.578. The molecule has 3 aromatic rings. The van der Waals surface area contributed by atoms with Crippen LogP contribution in [0, 0.1) is 10.1 Å². The van der Waals surface area contributed by atoms with Crippen molar-refractivity contribution in [2.75, 3.05) is 5.73 Å². The van der Waals surface area contributed by atoms with E-state index < -0.39 is 0 Å². The van der Waals surface area contributed by atoms with Crippen LogP contribution in [0.4, 0.5) is 11.6 Å². The summed E-state index contributed by atoms with van der Waals surface area (Å²) in [5, 5.41) is 11.1. The van der Waals surface area contributed by atoms with Gasteiger partial charge in [0.05, 0.1) is 10.6 Å². The maximum absolute atomic E-state index is 11.1. The van der Waals surface area contributed by atoms with Gasteiger partial charge in [-0.25, -0.2) is 9.97 Å². The number of hydrogen-bond acceptors (Lipinski definition) is 6. The Hall–Kier alpha value is -2.80. The third-order valence-corrected chi connectivity index (χ3v) is 5.51. The summed E-state index contributed by atoms with van der Waals surface area (Å²) < 4.78 is 0. The Morgan fingerprint density at radius 2 is 2.12 bits per heavy atom. The van der Waals surface area contributed by atoms with Crippen molar-refractivity contribution in [2.45, 2.75) is 19.3 Å². The van der Waals surface area contributed by atoms with Crippen LogP contribution < -0.4 is 5.73 Å². The molecule has 120 valence electrons. The standard InChI is InChI=1S/C17H14N4O2S/c18-17-19-8-7-13(20-17)15-12-5-2-6-14(12)24-16(15)10-3-1-4-11(9-10)21(22)23/h1,3-4,7-9H,2,5-6H2,(H2,18,19,20). The minimum atomic E-state index is -0.368. The lowest BCUT2D eigenvalue weighted by Crippen LogP contribution is -1.96. The van der Waals surface area contributed by atoms with Crippen LogP contribution >= 0.6 is 11.3 Å². The predicted molar refractivity (Wildman–Crippen MR) is 93.9 cm³/mol. The van der Waals surface area contributed by atoms with Crippen molar-refractivity contribution in [1.29, 1.82) is 0 Å². The second kappa shape index (κ2) is 5.68. The van der Waals surface area contributed by atoms with E-state index in [1.807, 2.05) is 12.1 Å². The lowest BCUT2D eigenvalue weighted by Gasteiger charge is -2.07. The van der Waals surface area contributed by atoms with Crippen LogP contribution in [0.15, 0.2) is 36.5 Å². The molecule has 0 aliphatic heterocycles. The first-order valence-electron chi connectivity index (χ1n) is 7.62. The minimum Gasteiger partial charge on any atom is -0.368 e. The smallest absolute Gasteiger partial charge is 0.270 e. The molecule has 4 rings (SSSR count). The summed E-state index contributed by atoms with van der Waals surface area (Å²) in [6.45, 7) is 0. The van der Waals surface area contributed by atoms with Gasteiger partial charge in [-0.2, -0.15) is 0 Å². The highest BCUT2D eigenvalue weighted by molar-refractivity contribution is 7.16. The molecule has 1 aliphatic carbocycles. The SMILES string of the molecule is Nc1nccc(-c2c(-c3cccc([N+](=O)[O-])c3)sc3c2CCC3)n1. The van der Waals surface area contributed by atoms with Crippen LogP contribution in [-0.2, 0) is 12.8 Å². The number of aryl methyl sites for hydroxylation is 1. The Bertz CT molecular complexity index is 952. The van der Waals surface area contributed by atoms with Crippen LogP contribution in [0.2, 0.25) is 0 Å². The Labute approximate surface area is 142 Å². The highest BCUT2D eigenvalue weighted by atomic mass is 32.1. The zero-order chi connectivity index (χ0) is 16.7. The first-order chi connectivity index (χ1) is 11.6. The second-order valence-electron chi connectivity index (χ2n) is 5.67. The number of nitro groups is 1. The number of hydrogen-bond donors (Lipinski definition) is 1. The Balaban J connectivity index is 1.94. The number of benzene rings is 1. The molecule has 2 N–H and O–H groups in total. The van der Waals surface area contributed by atoms with Gasteiger partial charge in [0.25, 0.3) is 5.69 Å². The first kappa shape index (κ1) is 14.8. The predicted octanol–water partition coefficient (Wildman–Crippen LogP) is 3.85. The molecule has 0 radical (unpaired) electrons. The van der Waals surface area contributed by atoms with E-state index in [1.54, 1.807) is 29.7 Å². The summed E-state index contributed by atoms with van der Waals surface area (Å²) in [6, 6.07) is 8.60. The van der Waals surface area contributed by atoms with Gasteiger partial charge in [0.1, 0.15) is 0 Å². The van der Waals surface area contributed by atoms with Crippen LogP contribution in [0.25, 0.3) is 21.7 Å². The van der Waals surface area contributed by atoms with Crippen LogP contribution in [-0.4, -0.2) is 14.9 Å². The molecular formula is C17H14N4O2S. The number of non-ortho nitro benzene ring substituents is 1. The number of nitro benzene ring substituents is 1. The summed E-state index contributed by atoms with van der Waals surface area (Å²) >= 11 is 1.70. The Kier molecular flexibility index (Phi) is 3.50. The zero-order valence-electron chi connectivity index (χ0n) is 12.7. The Morgan fingerprint density at radius 1 is 1.25 bits per heavy atom. The molecule has 6 nitrogen and oxygen atoms in total. The number of thiophene rings is 1. The number of anilines is 1. The van der Waals surface area contributed by atoms with Gasteiger partial charge in [-0.1, -0.05) is 12.1 Å².